The third kappa shape index (κ3) is 5.58. The molecule has 0 heterocycles. The van der Waals surface area contributed by atoms with Crippen molar-refractivity contribution in [1.82, 2.24) is 0 Å². The molecule has 0 amide bonds. The summed E-state index contributed by atoms with van der Waals surface area (Å²) >= 11 is 5.82. The van der Waals surface area contributed by atoms with E-state index < -0.39 is 27.9 Å². The number of rotatable bonds is 6. The van der Waals surface area contributed by atoms with Crippen molar-refractivity contribution in [3.05, 3.63) is 64.7 Å². The smallest absolute Gasteiger partial charge is 0.338 e. The monoisotopic (exact) mass is 381 g/mol. The van der Waals surface area contributed by atoms with Gasteiger partial charge >= 0.3 is 5.97 Å². The van der Waals surface area contributed by atoms with Crippen LogP contribution in [-0.2, 0) is 14.8 Å². The summed E-state index contributed by atoms with van der Waals surface area (Å²) in [6.45, 7) is 1.47. The van der Waals surface area contributed by atoms with Crippen molar-refractivity contribution in [1.29, 1.82) is 0 Å². The molecule has 0 saturated carbocycles. The fraction of sp³-hybridized carbons (Fsp3) is 0.176. The molecule has 0 saturated heterocycles. The summed E-state index contributed by atoms with van der Waals surface area (Å²) in [5, 5.41) is 0.391. The van der Waals surface area contributed by atoms with Crippen LogP contribution in [0.3, 0.4) is 0 Å². The Morgan fingerprint density at radius 3 is 2.28 bits per heavy atom. The highest BCUT2D eigenvalue weighted by molar-refractivity contribution is 7.92. The Labute approximate surface area is 150 Å². The topological polar surface area (TPSA) is 89.5 Å². The first kappa shape index (κ1) is 19.0. The minimum Gasteiger partial charge on any atom is -0.451 e. The Bertz CT molecular complexity index is 894. The summed E-state index contributed by atoms with van der Waals surface area (Å²) in [5.41, 5.74) is 0.882. The van der Waals surface area contributed by atoms with E-state index in [0.717, 1.165) is 6.26 Å². The van der Waals surface area contributed by atoms with Gasteiger partial charge in [0, 0.05) is 16.3 Å². The van der Waals surface area contributed by atoms with Gasteiger partial charge in [-0.1, -0.05) is 17.7 Å². The van der Waals surface area contributed by atoms with E-state index in [9.17, 15) is 18.0 Å². The van der Waals surface area contributed by atoms with Crippen molar-refractivity contribution in [2.75, 3.05) is 11.0 Å². The minimum absolute atomic E-state index is 0.250. The van der Waals surface area contributed by atoms with Crippen LogP contribution in [0, 0.1) is 0 Å². The van der Waals surface area contributed by atoms with Crippen LogP contribution in [0.15, 0.2) is 48.5 Å². The second kappa shape index (κ2) is 7.67. The highest BCUT2D eigenvalue weighted by Gasteiger charge is 2.20. The van der Waals surface area contributed by atoms with Crippen molar-refractivity contribution in [3.63, 3.8) is 0 Å². The van der Waals surface area contributed by atoms with E-state index in [1.165, 1.54) is 43.3 Å². The highest BCUT2D eigenvalue weighted by atomic mass is 35.5. The summed E-state index contributed by atoms with van der Waals surface area (Å²) in [5.74, 6) is -1.06. The first-order valence-corrected chi connectivity index (χ1v) is 9.51. The molecule has 2 aromatic rings. The van der Waals surface area contributed by atoms with Gasteiger partial charge in [-0.25, -0.2) is 13.2 Å². The lowest BCUT2D eigenvalue weighted by atomic mass is 10.1. The predicted octanol–water partition coefficient (Wildman–Crippen LogP) is 3.14. The van der Waals surface area contributed by atoms with Crippen molar-refractivity contribution >= 4 is 39.1 Å². The number of hydrogen-bond acceptors (Lipinski definition) is 5. The number of carbonyl (C=O) groups is 2. The average molecular weight is 382 g/mol. The van der Waals surface area contributed by atoms with E-state index in [2.05, 4.69) is 4.72 Å². The summed E-state index contributed by atoms with van der Waals surface area (Å²) < 4.78 is 29.8. The van der Waals surface area contributed by atoms with Crippen LogP contribution >= 0.6 is 11.6 Å². The van der Waals surface area contributed by atoms with Crippen LogP contribution in [0.1, 0.15) is 27.6 Å². The molecule has 132 valence electrons. The summed E-state index contributed by atoms with van der Waals surface area (Å²) in [6, 6.07) is 12.1. The van der Waals surface area contributed by atoms with Gasteiger partial charge in [-0.15, -0.1) is 0 Å². The molecule has 0 radical (unpaired) electrons. The maximum atomic E-state index is 12.3. The maximum absolute atomic E-state index is 12.3. The maximum Gasteiger partial charge on any atom is 0.338 e. The Morgan fingerprint density at radius 2 is 1.72 bits per heavy atom. The molecule has 0 aromatic heterocycles. The average Bonchev–Trinajstić information content (AvgIpc) is 2.53. The largest absolute Gasteiger partial charge is 0.451 e. The van der Waals surface area contributed by atoms with Crippen molar-refractivity contribution < 1.29 is 22.7 Å². The van der Waals surface area contributed by atoms with Gasteiger partial charge in [0.15, 0.2) is 6.10 Å². The lowest BCUT2D eigenvalue weighted by Crippen LogP contribution is -2.24. The molecule has 0 bridgehead atoms. The van der Waals surface area contributed by atoms with Crippen molar-refractivity contribution in [2.24, 2.45) is 0 Å². The molecule has 2 aromatic carbocycles. The molecule has 1 N–H and O–H groups in total. The van der Waals surface area contributed by atoms with Gasteiger partial charge in [0.05, 0.1) is 11.8 Å². The number of nitrogens with one attached hydrogen (secondary N) is 1. The summed E-state index contributed by atoms with van der Waals surface area (Å²) in [6.07, 6.45) is 0.0314. The number of Topliss-reactive ketones (excluding diaryl/α,β-unsaturated/α-hetero) is 1. The Kier molecular flexibility index (Phi) is 5.81. The van der Waals surface area contributed by atoms with E-state index >= 15 is 0 Å². The molecule has 0 aliphatic carbocycles. The number of anilines is 1. The van der Waals surface area contributed by atoms with E-state index in [1.807, 2.05) is 0 Å². The van der Waals surface area contributed by atoms with Crippen LogP contribution in [0.2, 0.25) is 5.02 Å². The number of esters is 1. The lowest BCUT2D eigenvalue weighted by Gasteiger charge is -2.13. The number of halogens is 1. The molecule has 6 nitrogen and oxygen atoms in total. The zero-order valence-electron chi connectivity index (χ0n) is 13.5. The molecular weight excluding hydrogens is 366 g/mol. The molecule has 2 rings (SSSR count). The molecule has 0 fully saturated rings. The number of benzene rings is 2. The van der Waals surface area contributed by atoms with Crippen LogP contribution in [-0.4, -0.2) is 32.5 Å². The Hall–Kier alpha value is -2.38. The Morgan fingerprint density at radius 1 is 1.08 bits per heavy atom. The van der Waals surface area contributed by atoms with Gasteiger partial charge in [-0.05, 0) is 49.4 Å². The van der Waals surface area contributed by atoms with Crippen LogP contribution in [0.5, 0.6) is 0 Å². The third-order valence-corrected chi connectivity index (χ3v) is 4.03. The van der Waals surface area contributed by atoms with Gasteiger partial charge in [0.25, 0.3) is 0 Å². The molecule has 0 spiro atoms. The van der Waals surface area contributed by atoms with E-state index in [4.69, 9.17) is 16.3 Å². The molecule has 0 unspecified atom stereocenters. The normalized spacial score (nSPS) is 12.3. The van der Waals surface area contributed by atoms with E-state index in [-0.39, 0.29) is 5.56 Å². The van der Waals surface area contributed by atoms with Gasteiger partial charge in [0.2, 0.25) is 15.8 Å². The third-order valence-electron chi connectivity index (χ3n) is 3.19. The fourth-order valence-corrected chi connectivity index (χ4v) is 2.80. The molecule has 25 heavy (non-hydrogen) atoms. The number of hydrogen-bond donors (Lipinski definition) is 1. The number of carbonyl (C=O) groups excluding carboxylic acids is 2. The highest BCUT2D eigenvalue weighted by Crippen LogP contribution is 2.16. The molecule has 0 aliphatic heterocycles. The van der Waals surface area contributed by atoms with Gasteiger partial charge in [-0.3, -0.25) is 9.52 Å². The van der Waals surface area contributed by atoms with Gasteiger partial charge in [-0.2, -0.15) is 0 Å². The summed E-state index contributed by atoms with van der Waals surface area (Å²) in [7, 11) is -3.39. The fourth-order valence-electron chi connectivity index (χ4n) is 2.05. The second-order valence-corrected chi connectivity index (χ2v) is 7.56. The minimum atomic E-state index is -3.39. The van der Waals surface area contributed by atoms with Crippen LogP contribution in [0.4, 0.5) is 5.69 Å². The van der Waals surface area contributed by atoms with Gasteiger partial charge in [0.1, 0.15) is 0 Å². The molecule has 0 aliphatic rings. The lowest BCUT2D eigenvalue weighted by molar-refractivity contribution is 0.0319. The standard InChI is InChI=1S/C17H16ClNO5S/c1-11(24-17(21)13-4-3-5-14(18)10-13)16(20)12-6-8-15(9-7-12)19-25(2,22)23/h3-11,19H,1-2H3/t11-/m1/s1. The predicted molar refractivity (Wildman–Crippen MR) is 95.6 cm³/mol. The number of ketones is 1. The number of sulfonamides is 1. The molecule has 8 heteroatoms. The van der Waals surface area contributed by atoms with Crippen molar-refractivity contribution in [3.8, 4) is 0 Å². The van der Waals surface area contributed by atoms with Crippen molar-refractivity contribution in [2.45, 2.75) is 13.0 Å². The second-order valence-electron chi connectivity index (χ2n) is 5.37. The zero-order chi connectivity index (χ0) is 18.6. The zero-order valence-corrected chi connectivity index (χ0v) is 15.1. The van der Waals surface area contributed by atoms with E-state index in [1.54, 1.807) is 12.1 Å². The first-order chi connectivity index (χ1) is 11.7. The van der Waals surface area contributed by atoms with Gasteiger partial charge < -0.3 is 4.74 Å². The molecule has 1 atom stereocenters. The van der Waals surface area contributed by atoms with Crippen LogP contribution < -0.4 is 4.72 Å². The number of ether oxygens (including phenoxy) is 1. The first-order valence-electron chi connectivity index (χ1n) is 7.24. The molecular formula is C17H16ClNO5S. The van der Waals surface area contributed by atoms with Crippen LogP contribution in [0.25, 0.3) is 0 Å². The Balaban J connectivity index is 2.05. The van der Waals surface area contributed by atoms with E-state index in [0.29, 0.717) is 16.3 Å². The quantitative estimate of drug-likeness (QED) is 0.613. The summed E-state index contributed by atoms with van der Waals surface area (Å²) in [4.78, 5) is 24.4. The SMILES string of the molecule is C[C@@H](OC(=O)c1cccc(Cl)c1)C(=O)c1ccc(NS(C)(=O)=O)cc1.